The number of halogens is 1. The number of morpholine rings is 1. The quantitative estimate of drug-likeness (QED) is 0.728. The van der Waals surface area contributed by atoms with Crippen LogP contribution in [-0.4, -0.2) is 40.9 Å². The van der Waals surface area contributed by atoms with Crippen LogP contribution in [0.4, 0.5) is 10.2 Å². The molecule has 1 aromatic carbocycles. The third-order valence-electron chi connectivity index (χ3n) is 3.82. The highest BCUT2D eigenvalue weighted by molar-refractivity contribution is 5.75. The second-order valence-corrected chi connectivity index (χ2v) is 5.22. The standard InChI is InChI=1S/C16H15FN4O/c17-13-3-1-12(2-4-13)14-11-15-16(18-5-6-21(15)19-14)20-7-9-22-10-8-20/h1-6,11H,7-10H2. The van der Waals surface area contributed by atoms with E-state index in [1.165, 1.54) is 12.1 Å². The summed E-state index contributed by atoms with van der Waals surface area (Å²) in [4.78, 5) is 6.70. The van der Waals surface area contributed by atoms with Crippen molar-refractivity contribution < 1.29 is 9.13 Å². The Labute approximate surface area is 127 Å². The van der Waals surface area contributed by atoms with E-state index in [0.29, 0.717) is 13.2 Å². The van der Waals surface area contributed by atoms with E-state index in [4.69, 9.17) is 4.74 Å². The summed E-state index contributed by atoms with van der Waals surface area (Å²) in [5.41, 5.74) is 2.64. The number of nitrogens with zero attached hydrogens (tertiary/aromatic N) is 4. The largest absolute Gasteiger partial charge is 0.378 e. The van der Waals surface area contributed by atoms with Crippen LogP contribution in [0.3, 0.4) is 0 Å². The number of rotatable bonds is 2. The average Bonchev–Trinajstić information content (AvgIpc) is 3.00. The minimum Gasteiger partial charge on any atom is -0.378 e. The van der Waals surface area contributed by atoms with Crippen LogP contribution in [0.5, 0.6) is 0 Å². The zero-order valence-corrected chi connectivity index (χ0v) is 11.9. The Morgan fingerprint density at radius 3 is 2.64 bits per heavy atom. The van der Waals surface area contributed by atoms with Crippen LogP contribution in [0.2, 0.25) is 0 Å². The third-order valence-corrected chi connectivity index (χ3v) is 3.82. The van der Waals surface area contributed by atoms with Gasteiger partial charge < -0.3 is 9.64 Å². The number of hydrogen-bond acceptors (Lipinski definition) is 4. The molecule has 0 N–H and O–H groups in total. The lowest BCUT2D eigenvalue weighted by atomic mass is 10.1. The Hall–Kier alpha value is -2.47. The van der Waals surface area contributed by atoms with Gasteiger partial charge in [-0.15, -0.1) is 0 Å². The molecule has 22 heavy (non-hydrogen) atoms. The Kier molecular flexibility index (Phi) is 3.23. The summed E-state index contributed by atoms with van der Waals surface area (Å²) < 4.78 is 20.3. The van der Waals surface area contributed by atoms with Crippen LogP contribution >= 0.6 is 0 Å². The monoisotopic (exact) mass is 298 g/mol. The fraction of sp³-hybridized carbons (Fsp3) is 0.250. The molecule has 1 aliphatic rings. The van der Waals surface area contributed by atoms with Crippen molar-refractivity contribution in [2.75, 3.05) is 31.2 Å². The van der Waals surface area contributed by atoms with Gasteiger partial charge in [0.25, 0.3) is 0 Å². The Morgan fingerprint density at radius 2 is 1.86 bits per heavy atom. The molecule has 0 atom stereocenters. The molecular formula is C16H15FN4O. The highest BCUT2D eigenvalue weighted by Crippen LogP contribution is 2.25. The van der Waals surface area contributed by atoms with Crippen LogP contribution in [0.1, 0.15) is 0 Å². The number of hydrogen-bond donors (Lipinski definition) is 0. The summed E-state index contributed by atoms with van der Waals surface area (Å²) in [5, 5.41) is 4.56. The van der Waals surface area contributed by atoms with E-state index in [1.807, 2.05) is 16.8 Å². The minimum absolute atomic E-state index is 0.247. The molecule has 112 valence electrons. The summed E-state index contributed by atoms with van der Waals surface area (Å²) in [5.74, 6) is 0.662. The molecule has 0 bridgehead atoms. The van der Waals surface area contributed by atoms with Gasteiger partial charge in [0.2, 0.25) is 0 Å². The van der Waals surface area contributed by atoms with Crippen molar-refractivity contribution in [2.24, 2.45) is 0 Å². The molecule has 1 saturated heterocycles. The predicted molar refractivity (Wildman–Crippen MR) is 81.4 cm³/mol. The lowest BCUT2D eigenvalue weighted by Crippen LogP contribution is -2.37. The molecule has 0 spiro atoms. The first-order valence-corrected chi connectivity index (χ1v) is 7.24. The summed E-state index contributed by atoms with van der Waals surface area (Å²) in [6.07, 6.45) is 3.57. The fourth-order valence-electron chi connectivity index (χ4n) is 2.69. The molecule has 0 aliphatic carbocycles. The van der Waals surface area contributed by atoms with Crippen LogP contribution in [0.15, 0.2) is 42.7 Å². The number of benzene rings is 1. The van der Waals surface area contributed by atoms with Crippen LogP contribution in [0, 0.1) is 5.82 Å². The van der Waals surface area contributed by atoms with E-state index in [0.717, 1.165) is 35.7 Å². The number of ether oxygens (including phenoxy) is 1. The lowest BCUT2D eigenvalue weighted by Gasteiger charge is -2.27. The maximum Gasteiger partial charge on any atom is 0.154 e. The molecule has 0 amide bonds. The first-order chi connectivity index (χ1) is 10.8. The summed E-state index contributed by atoms with van der Waals surface area (Å²) in [6.45, 7) is 3.07. The van der Waals surface area contributed by atoms with Gasteiger partial charge in [0.05, 0.1) is 18.9 Å². The van der Waals surface area contributed by atoms with E-state index in [1.54, 1.807) is 18.3 Å². The molecule has 0 radical (unpaired) electrons. The van der Waals surface area contributed by atoms with Crippen molar-refractivity contribution in [1.82, 2.24) is 14.6 Å². The molecular weight excluding hydrogens is 283 g/mol. The summed E-state index contributed by atoms with van der Waals surface area (Å²) in [6, 6.07) is 8.35. The van der Waals surface area contributed by atoms with E-state index < -0.39 is 0 Å². The molecule has 3 aromatic rings. The first-order valence-electron chi connectivity index (χ1n) is 7.24. The van der Waals surface area contributed by atoms with Crippen LogP contribution in [-0.2, 0) is 4.74 Å². The lowest BCUT2D eigenvalue weighted by molar-refractivity contribution is 0.122. The van der Waals surface area contributed by atoms with E-state index in [2.05, 4.69) is 15.0 Å². The van der Waals surface area contributed by atoms with Gasteiger partial charge in [-0.2, -0.15) is 5.10 Å². The van der Waals surface area contributed by atoms with Crippen molar-refractivity contribution >= 4 is 11.3 Å². The predicted octanol–water partition coefficient (Wildman–Crippen LogP) is 2.37. The maximum absolute atomic E-state index is 13.1. The van der Waals surface area contributed by atoms with Gasteiger partial charge in [0, 0.05) is 31.0 Å². The zero-order valence-electron chi connectivity index (χ0n) is 11.9. The van der Waals surface area contributed by atoms with E-state index in [-0.39, 0.29) is 5.82 Å². The molecule has 1 aliphatic heterocycles. The molecule has 3 heterocycles. The van der Waals surface area contributed by atoms with E-state index >= 15 is 0 Å². The topological polar surface area (TPSA) is 42.7 Å². The molecule has 4 rings (SSSR count). The Balaban J connectivity index is 1.78. The average molecular weight is 298 g/mol. The van der Waals surface area contributed by atoms with E-state index in [9.17, 15) is 4.39 Å². The minimum atomic E-state index is -0.247. The SMILES string of the molecule is Fc1ccc(-c2cc3c(N4CCOCC4)nccn3n2)cc1. The molecule has 0 unspecified atom stereocenters. The second kappa shape index (κ2) is 5.38. The number of fused-ring (bicyclic) bond motifs is 1. The summed E-state index contributed by atoms with van der Waals surface area (Å²) >= 11 is 0. The van der Waals surface area contributed by atoms with Gasteiger partial charge >= 0.3 is 0 Å². The van der Waals surface area contributed by atoms with Crippen molar-refractivity contribution in [2.45, 2.75) is 0 Å². The van der Waals surface area contributed by atoms with Crippen molar-refractivity contribution in [3.63, 3.8) is 0 Å². The van der Waals surface area contributed by atoms with Gasteiger partial charge in [0.1, 0.15) is 11.3 Å². The first kappa shape index (κ1) is 13.2. The van der Waals surface area contributed by atoms with Gasteiger partial charge in [0.15, 0.2) is 5.82 Å². The van der Waals surface area contributed by atoms with Gasteiger partial charge in [-0.1, -0.05) is 0 Å². The normalized spacial score (nSPS) is 15.4. The Bertz CT molecular complexity index is 794. The highest BCUT2D eigenvalue weighted by atomic mass is 19.1. The smallest absolute Gasteiger partial charge is 0.154 e. The fourth-order valence-corrected chi connectivity index (χ4v) is 2.69. The van der Waals surface area contributed by atoms with Crippen molar-refractivity contribution in [3.8, 4) is 11.3 Å². The molecule has 0 saturated carbocycles. The zero-order chi connectivity index (χ0) is 14.9. The highest BCUT2D eigenvalue weighted by Gasteiger charge is 2.17. The molecule has 1 fully saturated rings. The maximum atomic E-state index is 13.1. The van der Waals surface area contributed by atoms with Gasteiger partial charge in [-0.25, -0.2) is 13.9 Å². The van der Waals surface area contributed by atoms with Crippen LogP contribution < -0.4 is 4.90 Å². The third kappa shape index (κ3) is 2.31. The van der Waals surface area contributed by atoms with Crippen molar-refractivity contribution in [3.05, 3.63) is 48.5 Å². The Morgan fingerprint density at radius 1 is 1.09 bits per heavy atom. The molecule has 5 nitrogen and oxygen atoms in total. The van der Waals surface area contributed by atoms with Crippen molar-refractivity contribution in [1.29, 1.82) is 0 Å². The molecule has 2 aromatic heterocycles. The van der Waals surface area contributed by atoms with Gasteiger partial charge in [-0.05, 0) is 30.3 Å². The van der Waals surface area contributed by atoms with Crippen LogP contribution in [0.25, 0.3) is 16.8 Å². The van der Waals surface area contributed by atoms with Gasteiger partial charge in [-0.3, -0.25) is 0 Å². The molecule has 6 heteroatoms. The second-order valence-electron chi connectivity index (χ2n) is 5.22. The summed E-state index contributed by atoms with van der Waals surface area (Å²) in [7, 11) is 0. The number of aromatic nitrogens is 3. The number of anilines is 1.